The molecule has 3 rings (SSSR count). The Bertz CT molecular complexity index is 1070. The van der Waals surface area contributed by atoms with Gasteiger partial charge in [0.05, 0.1) is 4.90 Å². The summed E-state index contributed by atoms with van der Waals surface area (Å²) in [7, 11) is -3.73. The standard InChI is InChI=1S/C19H14ClNO4S/c20-15-5-1-13(2-6-15)18(22)11-7-16-8-12-19(25-16)14-3-9-17(10-4-14)26(21,23)24/h1-12H,(H2,21,23,24). The summed E-state index contributed by atoms with van der Waals surface area (Å²) in [4.78, 5) is 12.1. The van der Waals surface area contributed by atoms with Gasteiger partial charge in [0.1, 0.15) is 11.5 Å². The highest BCUT2D eigenvalue weighted by Gasteiger charge is 2.09. The molecule has 0 saturated carbocycles. The Morgan fingerprint density at radius 3 is 2.23 bits per heavy atom. The second-order valence-electron chi connectivity index (χ2n) is 5.48. The zero-order chi connectivity index (χ0) is 18.7. The highest BCUT2D eigenvalue weighted by Crippen LogP contribution is 2.24. The Balaban J connectivity index is 1.75. The quantitative estimate of drug-likeness (QED) is 0.526. The van der Waals surface area contributed by atoms with Crippen molar-refractivity contribution in [1.29, 1.82) is 0 Å². The number of carbonyl (C=O) groups excluding carboxylic acids is 1. The lowest BCUT2D eigenvalue weighted by Crippen LogP contribution is -2.11. The van der Waals surface area contributed by atoms with Crippen molar-refractivity contribution in [2.24, 2.45) is 5.14 Å². The SMILES string of the molecule is NS(=O)(=O)c1ccc(-c2ccc(C=CC(=O)c3ccc(Cl)cc3)o2)cc1. The van der Waals surface area contributed by atoms with Crippen LogP contribution in [0.25, 0.3) is 17.4 Å². The van der Waals surface area contributed by atoms with Gasteiger partial charge >= 0.3 is 0 Å². The van der Waals surface area contributed by atoms with Crippen LogP contribution in [0.4, 0.5) is 0 Å². The Kier molecular flexibility index (Phi) is 5.08. The number of hydrogen-bond donors (Lipinski definition) is 1. The van der Waals surface area contributed by atoms with E-state index >= 15 is 0 Å². The van der Waals surface area contributed by atoms with Crippen LogP contribution in [0.2, 0.25) is 5.02 Å². The molecule has 0 radical (unpaired) electrons. The molecule has 132 valence electrons. The number of rotatable bonds is 5. The van der Waals surface area contributed by atoms with Crippen LogP contribution >= 0.6 is 11.6 Å². The predicted octanol–water partition coefficient (Wildman–Crippen LogP) is 4.14. The third-order valence-electron chi connectivity index (χ3n) is 3.62. The van der Waals surface area contributed by atoms with Gasteiger partial charge in [-0.05, 0) is 72.8 Å². The van der Waals surface area contributed by atoms with Crippen LogP contribution in [0.15, 0.2) is 76.1 Å². The van der Waals surface area contributed by atoms with Crippen molar-refractivity contribution in [2.45, 2.75) is 4.90 Å². The van der Waals surface area contributed by atoms with E-state index in [2.05, 4.69) is 0 Å². The number of benzene rings is 2. The second-order valence-corrected chi connectivity index (χ2v) is 7.47. The molecule has 7 heteroatoms. The summed E-state index contributed by atoms with van der Waals surface area (Å²) >= 11 is 5.80. The fourth-order valence-electron chi connectivity index (χ4n) is 2.27. The van der Waals surface area contributed by atoms with Gasteiger partial charge in [0.15, 0.2) is 5.78 Å². The molecule has 0 amide bonds. The molecule has 3 aromatic rings. The fraction of sp³-hybridized carbons (Fsp3) is 0. The Hall–Kier alpha value is -2.67. The minimum absolute atomic E-state index is 0.0292. The average molecular weight is 388 g/mol. The number of allylic oxidation sites excluding steroid dienone is 1. The van der Waals surface area contributed by atoms with Gasteiger partial charge in [0.25, 0.3) is 0 Å². The van der Waals surface area contributed by atoms with Crippen LogP contribution in [-0.4, -0.2) is 14.2 Å². The predicted molar refractivity (Wildman–Crippen MR) is 100 cm³/mol. The minimum atomic E-state index is -3.73. The van der Waals surface area contributed by atoms with Crippen LogP contribution in [0.3, 0.4) is 0 Å². The van der Waals surface area contributed by atoms with Crippen LogP contribution in [0.5, 0.6) is 0 Å². The molecule has 2 N–H and O–H groups in total. The van der Waals surface area contributed by atoms with Crippen molar-refractivity contribution < 1.29 is 17.6 Å². The summed E-state index contributed by atoms with van der Waals surface area (Å²) < 4.78 is 28.2. The highest BCUT2D eigenvalue weighted by molar-refractivity contribution is 7.89. The van der Waals surface area contributed by atoms with Crippen molar-refractivity contribution in [2.75, 3.05) is 0 Å². The van der Waals surface area contributed by atoms with Crippen molar-refractivity contribution in [1.82, 2.24) is 0 Å². The Morgan fingerprint density at radius 1 is 0.962 bits per heavy atom. The van der Waals surface area contributed by atoms with Crippen LogP contribution < -0.4 is 5.14 Å². The third-order valence-corrected chi connectivity index (χ3v) is 4.80. The lowest BCUT2D eigenvalue weighted by Gasteiger charge is -2.00. The molecule has 0 fully saturated rings. The van der Waals surface area contributed by atoms with Gasteiger partial charge < -0.3 is 4.42 Å². The first-order valence-electron chi connectivity index (χ1n) is 7.54. The fourth-order valence-corrected chi connectivity index (χ4v) is 2.92. The maximum atomic E-state index is 12.1. The first-order valence-corrected chi connectivity index (χ1v) is 9.46. The lowest BCUT2D eigenvalue weighted by atomic mass is 10.1. The van der Waals surface area contributed by atoms with Gasteiger partial charge in [-0.25, -0.2) is 13.6 Å². The number of primary sulfonamides is 1. The number of nitrogens with two attached hydrogens (primary N) is 1. The zero-order valence-corrected chi connectivity index (χ0v) is 15.0. The molecule has 0 unspecified atom stereocenters. The minimum Gasteiger partial charge on any atom is -0.457 e. The molecule has 2 aromatic carbocycles. The first kappa shape index (κ1) is 18.1. The molecule has 0 bridgehead atoms. The average Bonchev–Trinajstić information content (AvgIpc) is 3.09. The van der Waals surface area contributed by atoms with E-state index in [4.69, 9.17) is 21.2 Å². The molecule has 0 saturated heterocycles. The van der Waals surface area contributed by atoms with E-state index in [-0.39, 0.29) is 10.7 Å². The Labute approximate surface area is 155 Å². The number of halogens is 1. The monoisotopic (exact) mass is 387 g/mol. The molecular formula is C19H14ClNO4S. The molecule has 0 spiro atoms. The summed E-state index contributed by atoms with van der Waals surface area (Å²) in [6.45, 7) is 0. The normalized spacial score (nSPS) is 11.8. The van der Waals surface area contributed by atoms with Gasteiger partial charge in [-0.1, -0.05) is 11.6 Å². The largest absolute Gasteiger partial charge is 0.457 e. The van der Waals surface area contributed by atoms with Crippen LogP contribution in [0.1, 0.15) is 16.1 Å². The molecule has 0 aliphatic carbocycles. The number of hydrogen-bond acceptors (Lipinski definition) is 4. The number of furan rings is 1. The molecule has 0 aliphatic rings. The summed E-state index contributed by atoms with van der Waals surface area (Å²) in [6.07, 6.45) is 2.98. The van der Waals surface area contributed by atoms with E-state index in [1.165, 1.54) is 18.2 Å². The molecule has 26 heavy (non-hydrogen) atoms. The molecule has 1 aromatic heterocycles. The van der Waals surface area contributed by atoms with Gasteiger partial charge in [-0.15, -0.1) is 0 Å². The third kappa shape index (κ3) is 4.29. The number of carbonyl (C=O) groups is 1. The Morgan fingerprint density at radius 2 is 1.62 bits per heavy atom. The zero-order valence-electron chi connectivity index (χ0n) is 13.4. The van der Waals surface area contributed by atoms with Crippen molar-refractivity contribution in [3.63, 3.8) is 0 Å². The van der Waals surface area contributed by atoms with E-state index in [0.29, 0.717) is 27.7 Å². The first-order chi connectivity index (χ1) is 12.3. The summed E-state index contributed by atoms with van der Waals surface area (Å²) in [6, 6.07) is 16.1. The maximum absolute atomic E-state index is 12.1. The second kappa shape index (κ2) is 7.29. The number of ketones is 1. The van der Waals surface area contributed by atoms with Gasteiger partial charge in [0.2, 0.25) is 10.0 Å². The van der Waals surface area contributed by atoms with Crippen LogP contribution in [-0.2, 0) is 10.0 Å². The van der Waals surface area contributed by atoms with E-state index in [0.717, 1.165) is 0 Å². The summed E-state index contributed by atoms with van der Waals surface area (Å²) in [5.74, 6) is 0.875. The lowest BCUT2D eigenvalue weighted by molar-refractivity contribution is 0.104. The topological polar surface area (TPSA) is 90.4 Å². The molecule has 1 heterocycles. The summed E-state index contributed by atoms with van der Waals surface area (Å²) in [5.41, 5.74) is 1.22. The highest BCUT2D eigenvalue weighted by atomic mass is 35.5. The maximum Gasteiger partial charge on any atom is 0.238 e. The van der Waals surface area contributed by atoms with Crippen molar-refractivity contribution >= 4 is 33.5 Å². The molecule has 0 aliphatic heterocycles. The van der Waals surface area contributed by atoms with Gasteiger partial charge in [-0.2, -0.15) is 0 Å². The van der Waals surface area contributed by atoms with Gasteiger partial charge in [0, 0.05) is 16.1 Å². The van der Waals surface area contributed by atoms with Gasteiger partial charge in [-0.3, -0.25) is 4.79 Å². The van der Waals surface area contributed by atoms with Crippen molar-refractivity contribution in [3.05, 3.63) is 83.1 Å². The molecule has 0 atom stereocenters. The smallest absolute Gasteiger partial charge is 0.238 e. The van der Waals surface area contributed by atoms with E-state index in [1.54, 1.807) is 54.6 Å². The molecular weight excluding hydrogens is 374 g/mol. The van der Waals surface area contributed by atoms with Crippen molar-refractivity contribution in [3.8, 4) is 11.3 Å². The molecule has 5 nitrogen and oxygen atoms in total. The van der Waals surface area contributed by atoms with E-state index in [9.17, 15) is 13.2 Å². The van der Waals surface area contributed by atoms with Crippen LogP contribution in [0, 0.1) is 0 Å². The number of sulfonamides is 1. The summed E-state index contributed by atoms with van der Waals surface area (Å²) in [5, 5.41) is 5.64. The van der Waals surface area contributed by atoms with E-state index in [1.807, 2.05) is 0 Å². The van der Waals surface area contributed by atoms with E-state index < -0.39 is 10.0 Å².